The lowest BCUT2D eigenvalue weighted by atomic mass is 9.87. The molecule has 0 fully saturated rings. The van der Waals surface area contributed by atoms with Gasteiger partial charge in [-0.2, -0.15) is 13.2 Å². The first kappa shape index (κ1) is 18.9. The predicted molar refractivity (Wildman–Crippen MR) is 100.0 cm³/mol. The Morgan fingerprint density at radius 3 is 2.77 bits per heavy atom. The maximum absolute atomic E-state index is 12.9. The van der Waals surface area contributed by atoms with Gasteiger partial charge in [0.15, 0.2) is 0 Å². The number of halogens is 3. The molecule has 0 bridgehead atoms. The van der Waals surface area contributed by atoms with E-state index in [2.05, 4.69) is 23.4 Å². The van der Waals surface area contributed by atoms with Gasteiger partial charge in [-0.15, -0.1) is 18.2 Å². The van der Waals surface area contributed by atoms with Crippen LogP contribution in [0.3, 0.4) is 0 Å². The van der Waals surface area contributed by atoms with Crippen LogP contribution in [0.25, 0.3) is 0 Å². The lowest BCUT2D eigenvalue weighted by molar-refractivity contribution is -0.137. The van der Waals surface area contributed by atoms with Crippen molar-refractivity contribution in [2.24, 2.45) is 0 Å². The average Bonchev–Trinajstić information content (AvgIpc) is 2.64. The summed E-state index contributed by atoms with van der Waals surface area (Å²) in [4.78, 5) is 1.15. The van der Waals surface area contributed by atoms with Crippen LogP contribution >= 0.6 is 11.8 Å². The molecule has 0 spiro atoms. The molecular weight excluding hydrogens is 355 g/mol. The molecule has 1 N–H and O–H groups in total. The third kappa shape index (κ3) is 4.44. The van der Waals surface area contributed by atoms with E-state index in [1.54, 1.807) is 17.8 Å². The van der Waals surface area contributed by atoms with Gasteiger partial charge in [0, 0.05) is 16.7 Å². The fraction of sp³-hybridized carbons (Fsp3) is 0.333. The number of nitrogens with one attached hydrogen (secondary N) is 1. The van der Waals surface area contributed by atoms with E-state index >= 15 is 0 Å². The molecule has 0 saturated heterocycles. The second kappa shape index (κ2) is 8.20. The van der Waals surface area contributed by atoms with Gasteiger partial charge in [-0.25, -0.2) is 0 Å². The van der Waals surface area contributed by atoms with Gasteiger partial charge in [0.1, 0.15) is 0 Å². The molecule has 1 unspecified atom stereocenters. The van der Waals surface area contributed by atoms with Gasteiger partial charge in [-0.1, -0.05) is 36.3 Å². The molecule has 5 heteroatoms. The summed E-state index contributed by atoms with van der Waals surface area (Å²) in [5, 5.41) is 3.38. The van der Waals surface area contributed by atoms with Crippen molar-refractivity contribution < 1.29 is 13.2 Å². The van der Waals surface area contributed by atoms with Crippen molar-refractivity contribution in [1.82, 2.24) is 5.32 Å². The highest BCUT2D eigenvalue weighted by Crippen LogP contribution is 2.37. The molecule has 1 aliphatic carbocycles. The highest BCUT2D eigenvalue weighted by molar-refractivity contribution is 7.98. The molecule has 1 nitrogen and oxygen atoms in total. The van der Waals surface area contributed by atoms with E-state index in [4.69, 9.17) is 6.42 Å². The van der Waals surface area contributed by atoms with Crippen LogP contribution in [-0.4, -0.2) is 6.54 Å². The Bertz CT molecular complexity index is 808. The van der Waals surface area contributed by atoms with E-state index in [-0.39, 0.29) is 6.04 Å². The minimum absolute atomic E-state index is 0.254. The molecule has 2 aromatic carbocycles. The van der Waals surface area contributed by atoms with Crippen molar-refractivity contribution >= 4 is 11.8 Å². The van der Waals surface area contributed by atoms with Crippen LogP contribution in [-0.2, 0) is 18.3 Å². The van der Waals surface area contributed by atoms with Crippen LogP contribution in [0.2, 0.25) is 0 Å². The molecule has 0 aliphatic heterocycles. The van der Waals surface area contributed by atoms with Crippen molar-refractivity contribution in [3.63, 3.8) is 0 Å². The predicted octanol–water partition coefficient (Wildman–Crippen LogP) is 5.60. The van der Waals surface area contributed by atoms with Gasteiger partial charge >= 0.3 is 6.18 Å². The zero-order chi connectivity index (χ0) is 18.6. The standard InChI is InChI=1S/C21H20F3NS/c1-2-12-25-19-10-4-9-18-17(19)8-5-11-20(18)26-14-15-6-3-7-16(13-15)21(22,23)24/h1,3,5-8,11,13,19,25H,4,9-10,12,14H2. The second-order valence-electron chi connectivity index (χ2n) is 6.34. The zero-order valence-electron chi connectivity index (χ0n) is 14.3. The van der Waals surface area contributed by atoms with E-state index in [1.165, 1.54) is 23.3 Å². The first-order valence-corrected chi connectivity index (χ1v) is 9.55. The third-order valence-electron chi connectivity index (χ3n) is 4.56. The first-order valence-electron chi connectivity index (χ1n) is 8.56. The molecule has 1 atom stereocenters. The van der Waals surface area contributed by atoms with Crippen LogP contribution in [0.15, 0.2) is 47.4 Å². The lowest BCUT2D eigenvalue weighted by Crippen LogP contribution is -2.25. The quantitative estimate of drug-likeness (QED) is 0.539. The molecular formula is C21H20F3NS. The van der Waals surface area contributed by atoms with Gasteiger partial charge in [-0.3, -0.25) is 5.32 Å². The number of hydrogen-bond acceptors (Lipinski definition) is 2. The number of thioether (sulfide) groups is 1. The summed E-state index contributed by atoms with van der Waals surface area (Å²) < 4.78 is 38.6. The number of rotatable bonds is 5. The maximum atomic E-state index is 12.9. The Balaban J connectivity index is 1.76. The maximum Gasteiger partial charge on any atom is 0.416 e. The summed E-state index contributed by atoms with van der Waals surface area (Å²) in [6.45, 7) is 0.533. The summed E-state index contributed by atoms with van der Waals surface area (Å²) >= 11 is 1.60. The molecule has 3 rings (SSSR count). The Labute approximate surface area is 156 Å². The van der Waals surface area contributed by atoms with Crippen LogP contribution < -0.4 is 5.32 Å². The minimum atomic E-state index is -4.30. The van der Waals surface area contributed by atoms with Gasteiger partial charge in [0.25, 0.3) is 0 Å². The SMILES string of the molecule is C#CCNC1CCCc2c(SCc3cccc(C(F)(F)F)c3)cccc21. The van der Waals surface area contributed by atoms with E-state index in [0.29, 0.717) is 17.9 Å². The smallest absolute Gasteiger partial charge is 0.299 e. The van der Waals surface area contributed by atoms with Crippen LogP contribution in [0.1, 0.15) is 41.1 Å². The van der Waals surface area contributed by atoms with Gasteiger partial charge in [0.2, 0.25) is 0 Å². The van der Waals surface area contributed by atoms with E-state index in [9.17, 15) is 13.2 Å². The monoisotopic (exact) mass is 375 g/mol. The molecule has 0 saturated carbocycles. The highest BCUT2D eigenvalue weighted by atomic mass is 32.2. The Kier molecular flexibility index (Phi) is 5.95. The van der Waals surface area contributed by atoms with Crippen molar-refractivity contribution in [3.05, 3.63) is 64.7 Å². The Hall–Kier alpha value is -1.90. The Morgan fingerprint density at radius 2 is 2.00 bits per heavy atom. The molecule has 0 heterocycles. The highest BCUT2D eigenvalue weighted by Gasteiger charge is 2.30. The molecule has 26 heavy (non-hydrogen) atoms. The largest absolute Gasteiger partial charge is 0.416 e. The second-order valence-corrected chi connectivity index (χ2v) is 7.36. The summed E-state index contributed by atoms with van der Waals surface area (Å²) in [7, 11) is 0. The number of fused-ring (bicyclic) bond motifs is 1. The van der Waals surface area contributed by atoms with Crippen molar-refractivity contribution in [2.75, 3.05) is 6.54 Å². The molecule has 1 aliphatic rings. The van der Waals surface area contributed by atoms with E-state index in [0.717, 1.165) is 30.2 Å². The lowest BCUT2D eigenvalue weighted by Gasteiger charge is -2.27. The van der Waals surface area contributed by atoms with E-state index in [1.807, 2.05) is 6.07 Å². The molecule has 0 aromatic heterocycles. The van der Waals surface area contributed by atoms with Crippen molar-refractivity contribution in [3.8, 4) is 12.3 Å². The normalized spacial score (nSPS) is 16.8. The van der Waals surface area contributed by atoms with Crippen LogP contribution in [0.5, 0.6) is 0 Å². The zero-order valence-corrected chi connectivity index (χ0v) is 15.1. The van der Waals surface area contributed by atoms with Crippen LogP contribution in [0, 0.1) is 12.3 Å². The van der Waals surface area contributed by atoms with Crippen molar-refractivity contribution in [1.29, 1.82) is 0 Å². The summed E-state index contributed by atoms with van der Waals surface area (Å²) in [5.74, 6) is 3.13. The van der Waals surface area contributed by atoms with Crippen LogP contribution in [0.4, 0.5) is 13.2 Å². The number of hydrogen-bond donors (Lipinski definition) is 1. The topological polar surface area (TPSA) is 12.0 Å². The molecule has 2 aromatic rings. The van der Waals surface area contributed by atoms with Crippen molar-refractivity contribution in [2.45, 2.75) is 42.1 Å². The number of benzene rings is 2. The molecule has 136 valence electrons. The summed E-state index contributed by atoms with van der Waals surface area (Å²) in [6.07, 6.45) is 4.18. The summed E-state index contributed by atoms with van der Waals surface area (Å²) in [6, 6.07) is 12.0. The number of alkyl halides is 3. The summed E-state index contributed by atoms with van der Waals surface area (Å²) in [5.41, 5.74) is 2.65. The fourth-order valence-electron chi connectivity index (χ4n) is 3.34. The molecule has 0 radical (unpaired) electrons. The third-order valence-corrected chi connectivity index (χ3v) is 5.73. The van der Waals surface area contributed by atoms with Gasteiger partial charge in [0.05, 0.1) is 12.1 Å². The number of terminal acetylenes is 1. The molecule has 0 amide bonds. The van der Waals surface area contributed by atoms with Gasteiger partial charge in [-0.05, 0) is 48.1 Å². The Morgan fingerprint density at radius 1 is 1.19 bits per heavy atom. The van der Waals surface area contributed by atoms with E-state index < -0.39 is 11.7 Å². The first-order chi connectivity index (χ1) is 12.5. The average molecular weight is 375 g/mol. The van der Waals surface area contributed by atoms with Gasteiger partial charge < -0.3 is 0 Å². The minimum Gasteiger partial charge on any atom is -0.299 e. The fourth-order valence-corrected chi connectivity index (χ4v) is 4.41.